The fourth-order valence-corrected chi connectivity index (χ4v) is 3.47. The molecule has 0 spiro atoms. The van der Waals surface area contributed by atoms with Gasteiger partial charge in [0.25, 0.3) is 5.91 Å². The number of rotatable bonds is 3. The van der Waals surface area contributed by atoms with E-state index < -0.39 is 0 Å². The van der Waals surface area contributed by atoms with Gasteiger partial charge >= 0.3 is 0 Å². The Morgan fingerprint density at radius 3 is 2.81 bits per heavy atom. The van der Waals surface area contributed by atoms with Gasteiger partial charge in [0.1, 0.15) is 11.9 Å². The smallest absolute Gasteiger partial charge is 0.258 e. The SMILES string of the molecule is CC1Cc2ccccc2N1C(=O)c1ccnc(Nc2ccccc2C#N)c1. The largest absolute Gasteiger partial charge is 0.339 e. The van der Waals surface area contributed by atoms with E-state index in [2.05, 4.69) is 29.4 Å². The molecule has 1 N–H and O–H groups in total. The molecule has 5 nitrogen and oxygen atoms in total. The summed E-state index contributed by atoms with van der Waals surface area (Å²) in [4.78, 5) is 19.3. The fourth-order valence-electron chi connectivity index (χ4n) is 3.47. The van der Waals surface area contributed by atoms with Gasteiger partial charge < -0.3 is 10.2 Å². The third-order valence-corrected chi connectivity index (χ3v) is 4.74. The molecule has 4 rings (SSSR count). The van der Waals surface area contributed by atoms with Crippen LogP contribution in [0.25, 0.3) is 0 Å². The number of amides is 1. The van der Waals surface area contributed by atoms with Crippen molar-refractivity contribution in [2.24, 2.45) is 0 Å². The number of carbonyl (C=O) groups is 1. The van der Waals surface area contributed by atoms with Crippen molar-refractivity contribution in [3.63, 3.8) is 0 Å². The number of anilines is 3. The monoisotopic (exact) mass is 354 g/mol. The van der Waals surface area contributed by atoms with E-state index in [4.69, 9.17) is 0 Å². The number of fused-ring (bicyclic) bond motifs is 1. The van der Waals surface area contributed by atoms with E-state index in [1.54, 1.807) is 24.4 Å². The molecule has 27 heavy (non-hydrogen) atoms. The molecule has 0 saturated heterocycles. The number of pyridine rings is 1. The van der Waals surface area contributed by atoms with Crippen molar-refractivity contribution in [2.75, 3.05) is 10.2 Å². The number of hydrogen-bond donors (Lipinski definition) is 1. The van der Waals surface area contributed by atoms with Gasteiger partial charge in [0, 0.05) is 23.5 Å². The van der Waals surface area contributed by atoms with Crippen molar-refractivity contribution in [1.82, 2.24) is 4.98 Å². The molecule has 1 unspecified atom stereocenters. The van der Waals surface area contributed by atoms with Gasteiger partial charge in [-0.3, -0.25) is 4.79 Å². The Balaban J connectivity index is 1.63. The van der Waals surface area contributed by atoms with Crippen LogP contribution in [0.2, 0.25) is 0 Å². The van der Waals surface area contributed by atoms with Crippen LogP contribution >= 0.6 is 0 Å². The molecule has 5 heteroatoms. The minimum atomic E-state index is -0.0496. The normalized spacial score (nSPS) is 15.1. The second kappa shape index (κ2) is 6.93. The Labute approximate surface area is 157 Å². The van der Waals surface area contributed by atoms with E-state index in [0.717, 1.165) is 12.1 Å². The lowest BCUT2D eigenvalue weighted by atomic mass is 10.1. The van der Waals surface area contributed by atoms with Crippen LogP contribution in [0.15, 0.2) is 66.9 Å². The summed E-state index contributed by atoms with van der Waals surface area (Å²) >= 11 is 0. The van der Waals surface area contributed by atoms with Gasteiger partial charge in [0.05, 0.1) is 11.3 Å². The van der Waals surface area contributed by atoms with Crippen LogP contribution in [0.5, 0.6) is 0 Å². The van der Waals surface area contributed by atoms with Crippen LogP contribution in [0.4, 0.5) is 17.2 Å². The highest BCUT2D eigenvalue weighted by atomic mass is 16.2. The van der Waals surface area contributed by atoms with Gasteiger partial charge in [-0.25, -0.2) is 4.98 Å². The van der Waals surface area contributed by atoms with Gasteiger partial charge in [-0.05, 0) is 49.2 Å². The van der Waals surface area contributed by atoms with E-state index in [-0.39, 0.29) is 11.9 Å². The summed E-state index contributed by atoms with van der Waals surface area (Å²) < 4.78 is 0. The Morgan fingerprint density at radius 2 is 1.96 bits per heavy atom. The summed E-state index contributed by atoms with van der Waals surface area (Å²) in [5.41, 5.74) is 3.91. The van der Waals surface area contributed by atoms with Crippen molar-refractivity contribution in [2.45, 2.75) is 19.4 Å². The van der Waals surface area contributed by atoms with Crippen molar-refractivity contribution in [1.29, 1.82) is 5.26 Å². The van der Waals surface area contributed by atoms with Crippen molar-refractivity contribution >= 4 is 23.1 Å². The molecule has 1 amide bonds. The third-order valence-electron chi connectivity index (χ3n) is 4.74. The highest BCUT2D eigenvalue weighted by molar-refractivity contribution is 6.08. The molecule has 3 aromatic rings. The highest BCUT2D eigenvalue weighted by Gasteiger charge is 2.31. The Kier molecular flexibility index (Phi) is 4.31. The average molecular weight is 354 g/mol. The molecule has 1 aliphatic rings. The van der Waals surface area contributed by atoms with Crippen molar-refractivity contribution < 1.29 is 4.79 Å². The third kappa shape index (κ3) is 3.13. The molecule has 0 bridgehead atoms. The maximum Gasteiger partial charge on any atom is 0.258 e. The predicted octanol–water partition coefficient (Wildman–Crippen LogP) is 4.29. The van der Waals surface area contributed by atoms with Crippen LogP contribution in [0.3, 0.4) is 0 Å². The Bertz CT molecular complexity index is 1050. The molecule has 0 fully saturated rings. The van der Waals surface area contributed by atoms with Gasteiger partial charge in [0.2, 0.25) is 0 Å². The maximum atomic E-state index is 13.2. The van der Waals surface area contributed by atoms with Crippen molar-refractivity contribution in [3.05, 3.63) is 83.6 Å². The second-order valence-corrected chi connectivity index (χ2v) is 6.57. The van der Waals surface area contributed by atoms with Gasteiger partial charge in [-0.15, -0.1) is 0 Å². The second-order valence-electron chi connectivity index (χ2n) is 6.57. The van der Waals surface area contributed by atoms with Crippen molar-refractivity contribution in [3.8, 4) is 6.07 Å². The summed E-state index contributed by atoms with van der Waals surface area (Å²) in [5.74, 6) is 0.482. The molecule has 1 aromatic heterocycles. The first-order chi connectivity index (χ1) is 13.2. The number of carbonyl (C=O) groups excluding carboxylic acids is 1. The summed E-state index contributed by atoms with van der Waals surface area (Å²) in [6.07, 6.45) is 2.46. The summed E-state index contributed by atoms with van der Waals surface area (Å²) in [6, 6.07) is 20.9. The molecular weight excluding hydrogens is 336 g/mol. The topological polar surface area (TPSA) is 69.0 Å². The van der Waals surface area contributed by atoms with Crippen LogP contribution < -0.4 is 10.2 Å². The Morgan fingerprint density at radius 1 is 1.19 bits per heavy atom. The van der Waals surface area contributed by atoms with Crippen LogP contribution in [0.1, 0.15) is 28.4 Å². The number of aromatic nitrogens is 1. The number of hydrogen-bond acceptors (Lipinski definition) is 4. The van der Waals surface area contributed by atoms with Crippen LogP contribution in [-0.2, 0) is 6.42 Å². The molecule has 1 aliphatic heterocycles. The molecular formula is C22H18N4O. The quantitative estimate of drug-likeness (QED) is 0.762. The predicted molar refractivity (Wildman–Crippen MR) is 105 cm³/mol. The van der Waals surface area contributed by atoms with Gasteiger partial charge in [-0.1, -0.05) is 30.3 Å². The summed E-state index contributed by atoms with van der Waals surface area (Å²) in [5, 5.41) is 12.4. The lowest BCUT2D eigenvalue weighted by Gasteiger charge is -2.23. The zero-order chi connectivity index (χ0) is 18.8. The molecule has 2 heterocycles. The van der Waals surface area contributed by atoms with E-state index in [9.17, 15) is 10.1 Å². The van der Waals surface area contributed by atoms with Gasteiger partial charge in [-0.2, -0.15) is 5.26 Å². The van der Waals surface area contributed by atoms with E-state index >= 15 is 0 Å². The number of nitriles is 1. The number of benzene rings is 2. The molecule has 132 valence electrons. The number of nitrogens with zero attached hydrogens (tertiary/aromatic N) is 3. The molecule has 0 aliphatic carbocycles. The maximum absolute atomic E-state index is 13.2. The average Bonchev–Trinajstić information content (AvgIpc) is 3.03. The first-order valence-corrected chi connectivity index (χ1v) is 8.81. The molecule has 0 radical (unpaired) electrons. The minimum absolute atomic E-state index is 0.0496. The molecule has 2 aromatic carbocycles. The first-order valence-electron chi connectivity index (χ1n) is 8.81. The minimum Gasteiger partial charge on any atom is -0.339 e. The molecule has 1 atom stereocenters. The van der Waals surface area contributed by atoms with E-state index in [1.807, 2.05) is 41.3 Å². The Hall–Kier alpha value is -3.65. The summed E-state index contributed by atoms with van der Waals surface area (Å²) in [6.45, 7) is 2.06. The highest BCUT2D eigenvalue weighted by Crippen LogP contribution is 2.33. The number of nitrogens with one attached hydrogen (secondary N) is 1. The van der Waals surface area contributed by atoms with E-state index in [0.29, 0.717) is 22.6 Å². The van der Waals surface area contributed by atoms with Gasteiger partial charge in [0.15, 0.2) is 0 Å². The summed E-state index contributed by atoms with van der Waals surface area (Å²) in [7, 11) is 0. The number of para-hydroxylation sites is 2. The first kappa shape index (κ1) is 16.8. The lowest BCUT2D eigenvalue weighted by molar-refractivity contribution is 0.0981. The lowest BCUT2D eigenvalue weighted by Crippen LogP contribution is -2.35. The van der Waals surface area contributed by atoms with Crippen LogP contribution in [0, 0.1) is 11.3 Å². The molecule has 0 saturated carbocycles. The standard InChI is InChI=1S/C22H18N4O/c1-15-12-16-6-3-5-9-20(16)26(15)22(27)17-10-11-24-21(13-17)25-19-8-4-2-7-18(19)14-23/h2-11,13,15H,12H2,1H3,(H,24,25). The zero-order valence-electron chi connectivity index (χ0n) is 14.9. The van der Waals surface area contributed by atoms with Crippen LogP contribution in [-0.4, -0.2) is 16.9 Å². The van der Waals surface area contributed by atoms with E-state index in [1.165, 1.54) is 5.56 Å². The fraction of sp³-hybridized carbons (Fsp3) is 0.136. The zero-order valence-corrected chi connectivity index (χ0v) is 14.9.